The van der Waals surface area contributed by atoms with E-state index in [1.807, 2.05) is 17.2 Å². The van der Waals surface area contributed by atoms with Crippen LogP contribution in [0.3, 0.4) is 0 Å². The topological polar surface area (TPSA) is 59.2 Å². The first-order valence-electron chi connectivity index (χ1n) is 7.07. The first kappa shape index (κ1) is 12.6. The SMILES string of the molecule is CC1(CN)CCN(C(=O)c2ccc(C3CC3)cn2)C1. The molecule has 2 aliphatic rings. The Balaban J connectivity index is 1.70. The number of hydrogen-bond acceptors (Lipinski definition) is 3. The number of rotatable bonds is 3. The Labute approximate surface area is 114 Å². The van der Waals surface area contributed by atoms with Gasteiger partial charge in [0.15, 0.2) is 0 Å². The van der Waals surface area contributed by atoms with Gasteiger partial charge in [-0.15, -0.1) is 0 Å². The fourth-order valence-corrected chi connectivity index (χ4v) is 2.72. The number of amides is 1. The molecule has 2 heterocycles. The van der Waals surface area contributed by atoms with E-state index >= 15 is 0 Å². The molecule has 0 spiro atoms. The third-order valence-corrected chi connectivity index (χ3v) is 4.39. The number of carbonyl (C=O) groups is 1. The van der Waals surface area contributed by atoms with Gasteiger partial charge >= 0.3 is 0 Å². The predicted octanol–water partition coefficient (Wildman–Crippen LogP) is 1.77. The number of likely N-dealkylation sites (tertiary alicyclic amines) is 1. The fraction of sp³-hybridized carbons (Fsp3) is 0.600. The standard InChI is InChI=1S/C15H21N3O/c1-15(9-16)6-7-18(10-15)14(19)13-5-4-12(8-17-13)11-2-3-11/h4-5,8,11H,2-3,6-7,9-10,16H2,1H3. The molecule has 0 aromatic carbocycles. The molecule has 1 atom stereocenters. The number of nitrogens with two attached hydrogens (primary N) is 1. The normalized spacial score (nSPS) is 26.7. The number of carbonyl (C=O) groups excluding carboxylic acids is 1. The van der Waals surface area contributed by atoms with E-state index in [1.54, 1.807) is 0 Å². The highest BCUT2D eigenvalue weighted by Gasteiger charge is 2.35. The molecule has 1 unspecified atom stereocenters. The van der Waals surface area contributed by atoms with E-state index in [0.717, 1.165) is 19.5 Å². The lowest BCUT2D eigenvalue weighted by molar-refractivity contribution is 0.0771. The molecule has 102 valence electrons. The van der Waals surface area contributed by atoms with Crippen molar-refractivity contribution in [3.63, 3.8) is 0 Å². The smallest absolute Gasteiger partial charge is 0.272 e. The first-order chi connectivity index (χ1) is 9.11. The van der Waals surface area contributed by atoms with Crippen molar-refractivity contribution in [3.8, 4) is 0 Å². The van der Waals surface area contributed by atoms with Crippen molar-refractivity contribution in [1.29, 1.82) is 0 Å². The molecule has 1 saturated carbocycles. The van der Waals surface area contributed by atoms with E-state index in [4.69, 9.17) is 5.73 Å². The summed E-state index contributed by atoms with van der Waals surface area (Å²) in [6.07, 6.45) is 5.37. The van der Waals surface area contributed by atoms with E-state index in [0.29, 0.717) is 18.2 Å². The van der Waals surface area contributed by atoms with Crippen LogP contribution in [0.1, 0.15) is 48.2 Å². The van der Waals surface area contributed by atoms with E-state index in [9.17, 15) is 4.79 Å². The lowest BCUT2D eigenvalue weighted by Gasteiger charge is -2.22. The van der Waals surface area contributed by atoms with E-state index in [-0.39, 0.29) is 11.3 Å². The zero-order valence-corrected chi connectivity index (χ0v) is 11.4. The maximum atomic E-state index is 12.4. The summed E-state index contributed by atoms with van der Waals surface area (Å²) in [4.78, 5) is 18.6. The molecule has 1 saturated heterocycles. The Morgan fingerprint density at radius 3 is 2.84 bits per heavy atom. The van der Waals surface area contributed by atoms with Gasteiger partial charge in [-0.3, -0.25) is 9.78 Å². The van der Waals surface area contributed by atoms with E-state index < -0.39 is 0 Å². The Morgan fingerprint density at radius 1 is 1.53 bits per heavy atom. The summed E-state index contributed by atoms with van der Waals surface area (Å²) in [5.74, 6) is 0.725. The minimum Gasteiger partial charge on any atom is -0.337 e. The monoisotopic (exact) mass is 259 g/mol. The van der Waals surface area contributed by atoms with Gasteiger partial charge in [0.1, 0.15) is 5.69 Å². The van der Waals surface area contributed by atoms with Gasteiger partial charge in [-0.2, -0.15) is 0 Å². The molecule has 0 bridgehead atoms. The number of pyridine rings is 1. The molecular formula is C15H21N3O. The second kappa shape index (κ2) is 4.60. The van der Waals surface area contributed by atoms with Crippen molar-refractivity contribution in [1.82, 2.24) is 9.88 Å². The van der Waals surface area contributed by atoms with Crippen molar-refractivity contribution in [2.24, 2.45) is 11.1 Å². The van der Waals surface area contributed by atoms with Crippen LogP contribution in [-0.2, 0) is 0 Å². The molecular weight excluding hydrogens is 238 g/mol. The third-order valence-electron chi connectivity index (χ3n) is 4.39. The molecule has 4 nitrogen and oxygen atoms in total. The summed E-state index contributed by atoms with van der Waals surface area (Å²) in [6.45, 7) is 4.31. The molecule has 4 heteroatoms. The van der Waals surface area contributed by atoms with Gasteiger partial charge < -0.3 is 10.6 Å². The summed E-state index contributed by atoms with van der Waals surface area (Å²) in [5.41, 5.74) is 7.68. The average molecular weight is 259 g/mol. The van der Waals surface area contributed by atoms with Crippen LogP contribution in [-0.4, -0.2) is 35.4 Å². The van der Waals surface area contributed by atoms with Crippen LogP contribution in [0.4, 0.5) is 0 Å². The predicted molar refractivity (Wildman–Crippen MR) is 73.9 cm³/mol. The number of hydrogen-bond donors (Lipinski definition) is 1. The molecule has 2 N–H and O–H groups in total. The molecule has 1 aliphatic heterocycles. The zero-order valence-electron chi connectivity index (χ0n) is 11.4. The van der Waals surface area contributed by atoms with Crippen LogP contribution >= 0.6 is 0 Å². The molecule has 1 aromatic rings. The molecule has 19 heavy (non-hydrogen) atoms. The quantitative estimate of drug-likeness (QED) is 0.900. The van der Waals surface area contributed by atoms with Gasteiger partial charge in [-0.25, -0.2) is 0 Å². The van der Waals surface area contributed by atoms with Crippen molar-refractivity contribution in [3.05, 3.63) is 29.6 Å². The first-order valence-corrected chi connectivity index (χ1v) is 7.07. The minimum atomic E-state index is 0.0412. The molecule has 1 aromatic heterocycles. The van der Waals surface area contributed by atoms with Crippen LogP contribution in [0.5, 0.6) is 0 Å². The molecule has 2 fully saturated rings. The van der Waals surface area contributed by atoms with Crippen molar-refractivity contribution in [2.75, 3.05) is 19.6 Å². The van der Waals surface area contributed by atoms with E-state index in [1.165, 1.54) is 18.4 Å². The minimum absolute atomic E-state index is 0.0412. The molecule has 1 aliphatic carbocycles. The van der Waals surface area contributed by atoms with Gasteiger partial charge in [0.2, 0.25) is 0 Å². The number of nitrogens with zero attached hydrogens (tertiary/aromatic N) is 2. The maximum absolute atomic E-state index is 12.4. The molecule has 0 radical (unpaired) electrons. The van der Waals surface area contributed by atoms with Crippen molar-refractivity contribution < 1.29 is 4.79 Å². The Morgan fingerprint density at radius 2 is 2.32 bits per heavy atom. The summed E-state index contributed by atoms with van der Waals surface area (Å²) in [7, 11) is 0. The Bertz CT molecular complexity index is 481. The van der Waals surface area contributed by atoms with Gasteiger partial charge in [0, 0.05) is 19.3 Å². The highest BCUT2D eigenvalue weighted by Crippen LogP contribution is 2.39. The Kier molecular flexibility index (Phi) is 3.05. The van der Waals surface area contributed by atoms with Crippen molar-refractivity contribution >= 4 is 5.91 Å². The van der Waals surface area contributed by atoms with Gasteiger partial charge in [0.25, 0.3) is 5.91 Å². The Hall–Kier alpha value is -1.42. The zero-order chi connectivity index (χ0) is 13.5. The summed E-state index contributed by atoms with van der Waals surface area (Å²) in [6, 6.07) is 3.92. The molecule has 1 amide bonds. The van der Waals surface area contributed by atoms with Crippen LogP contribution in [0.25, 0.3) is 0 Å². The fourth-order valence-electron chi connectivity index (χ4n) is 2.72. The average Bonchev–Trinajstić information content (AvgIpc) is 3.21. The number of aromatic nitrogens is 1. The van der Waals surface area contributed by atoms with Crippen LogP contribution in [0.2, 0.25) is 0 Å². The van der Waals surface area contributed by atoms with Crippen molar-refractivity contribution in [2.45, 2.75) is 32.1 Å². The largest absolute Gasteiger partial charge is 0.337 e. The van der Waals surface area contributed by atoms with Crippen LogP contribution < -0.4 is 5.73 Å². The van der Waals surface area contributed by atoms with Gasteiger partial charge in [-0.1, -0.05) is 13.0 Å². The lowest BCUT2D eigenvalue weighted by atomic mass is 9.90. The van der Waals surface area contributed by atoms with Crippen LogP contribution in [0, 0.1) is 5.41 Å². The second-order valence-corrected chi connectivity index (χ2v) is 6.24. The lowest BCUT2D eigenvalue weighted by Crippen LogP contribution is -2.34. The van der Waals surface area contributed by atoms with Gasteiger partial charge in [-0.05, 0) is 48.8 Å². The third kappa shape index (κ3) is 2.50. The maximum Gasteiger partial charge on any atom is 0.272 e. The second-order valence-electron chi connectivity index (χ2n) is 6.24. The highest BCUT2D eigenvalue weighted by atomic mass is 16.2. The molecule has 3 rings (SSSR count). The van der Waals surface area contributed by atoms with Crippen LogP contribution in [0.15, 0.2) is 18.3 Å². The summed E-state index contributed by atoms with van der Waals surface area (Å²) < 4.78 is 0. The van der Waals surface area contributed by atoms with Gasteiger partial charge in [0.05, 0.1) is 0 Å². The summed E-state index contributed by atoms with van der Waals surface area (Å²) in [5, 5.41) is 0. The highest BCUT2D eigenvalue weighted by molar-refractivity contribution is 5.92. The summed E-state index contributed by atoms with van der Waals surface area (Å²) >= 11 is 0. The van der Waals surface area contributed by atoms with E-state index in [2.05, 4.69) is 18.0 Å².